The maximum Gasteiger partial charge on any atom is 0.325 e. The molecule has 29 heavy (non-hydrogen) atoms. The van der Waals surface area contributed by atoms with Crippen LogP contribution in [-0.2, 0) is 16.9 Å². The second kappa shape index (κ2) is 7.39. The molecule has 0 saturated carbocycles. The lowest BCUT2D eigenvalue weighted by Gasteiger charge is -2.28. The minimum atomic E-state index is -1.33. The third kappa shape index (κ3) is 3.12. The first-order valence-electron chi connectivity index (χ1n) is 9.14. The number of halogens is 1. The molecule has 0 aromatic heterocycles. The van der Waals surface area contributed by atoms with Crippen LogP contribution in [0.5, 0.6) is 5.75 Å². The number of methoxy groups -OCH3 is 1. The van der Waals surface area contributed by atoms with Crippen molar-refractivity contribution in [2.24, 2.45) is 0 Å². The number of imide groups is 1. The number of ether oxygens (including phenoxy) is 1. The Bertz CT molecular complexity index is 1010. The van der Waals surface area contributed by atoms with Gasteiger partial charge in [-0.25, -0.2) is 9.18 Å². The van der Waals surface area contributed by atoms with E-state index in [-0.39, 0.29) is 12.3 Å². The molecule has 146 valence electrons. The highest BCUT2D eigenvalue weighted by atomic mass is 19.1. The normalized spacial score (nSPS) is 15.3. The highest BCUT2D eigenvalue weighted by Crippen LogP contribution is 2.36. The third-order valence-corrected chi connectivity index (χ3v) is 5.08. The Balaban J connectivity index is 1.75. The van der Waals surface area contributed by atoms with Gasteiger partial charge >= 0.3 is 6.03 Å². The average molecular weight is 390 g/mol. The Kier molecular flexibility index (Phi) is 4.76. The predicted octanol–water partition coefficient (Wildman–Crippen LogP) is 3.83. The minimum absolute atomic E-state index is 0.0486. The first-order chi connectivity index (χ1) is 14.1. The van der Waals surface area contributed by atoms with Crippen LogP contribution in [0.15, 0.2) is 78.9 Å². The molecule has 5 nitrogen and oxygen atoms in total. The fraction of sp³-hybridized carbons (Fsp3) is 0.130. The number of carbonyl (C=O) groups is 2. The van der Waals surface area contributed by atoms with Crippen molar-refractivity contribution in [2.75, 3.05) is 7.11 Å². The van der Waals surface area contributed by atoms with Crippen LogP contribution in [0.2, 0.25) is 0 Å². The van der Waals surface area contributed by atoms with Crippen LogP contribution in [0.25, 0.3) is 0 Å². The fourth-order valence-corrected chi connectivity index (χ4v) is 3.64. The van der Waals surface area contributed by atoms with E-state index in [1.807, 2.05) is 60.7 Å². The number of benzene rings is 3. The molecule has 1 aliphatic heterocycles. The molecule has 1 aliphatic rings. The lowest BCUT2D eigenvalue weighted by atomic mass is 9.82. The Labute approximate surface area is 167 Å². The summed E-state index contributed by atoms with van der Waals surface area (Å²) in [6.45, 7) is -0.0486. The van der Waals surface area contributed by atoms with Crippen molar-refractivity contribution in [2.45, 2.75) is 12.1 Å². The number of urea groups is 1. The number of amides is 3. The number of rotatable bonds is 5. The Hall–Kier alpha value is -3.67. The summed E-state index contributed by atoms with van der Waals surface area (Å²) in [7, 11) is 1.38. The van der Waals surface area contributed by atoms with Crippen LogP contribution in [-0.4, -0.2) is 23.9 Å². The van der Waals surface area contributed by atoms with Gasteiger partial charge in [-0.15, -0.1) is 0 Å². The number of nitrogens with zero attached hydrogens (tertiary/aromatic N) is 1. The van der Waals surface area contributed by atoms with Gasteiger partial charge in [0.05, 0.1) is 13.7 Å². The van der Waals surface area contributed by atoms with Crippen molar-refractivity contribution < 1.29 is 18.7 Å². The monoisotopic (exact) mass is 390 g/mol. The lowest BCUT2D eigenvalue weighted by molar-refractivity contribution is -0.130. The van der Waals surface area contributed by atoms with E-state index in [2.05, 4.69) is 5.32 Å². The van der Waals surface area contributed by atoms with Gasteiger partial charge in [-0.2, -0.15) is 0 Å². The molecule has 0 aliphatic carbocycles. The van der Waals surface area contributed by atoms with Gasteiger partial charge in [-0.05, 0) is 28.8 Å². The quantitative estimate of drug-likeness (QED) is 0.674. The number of nitrogens with one attached hydrogen (secondary N) is 1. The van der Waals surface area contributed by atoms with Crippen LogP contribution in [0.1, 0.15) is 16.7 Å². The highest BCUT2D eigenvalue weighted by Gasteiger charge is 2.53. The summed E-state index contributed by atoms with van der Waals surface area (Å²) >= 11 is 0. The summed E-state index contributed by atoms with van der Waals surface area (Å²) in [5.41, 5.74) is 0.481. The van der Waals surface area contributed by atoms with E-state index in [0.29, 0.717) is 16.7 Å². The van der Waals surface area contributed by atoms with Crippen molar-refractivity contribution in [3.8, 4) is 5.75 Å². The van der Waals surface area contributed by atoms with Crippen LogP contribution >= 0.6 is 0 Å². The lowest BCUT2D eigenvalue weighted by Crippen LogP contribution is -2.45. The van der Waals surface area contributed by atoms with Crippen LogP contribution in [0, 0.1) is 5.82 Å². The highest BCUT2D eigenvalue weighted by molar-refractivity contribution is 6.09. The maximum atomic E-state index is 14.1. The van der Waals surface area contributed by atoms with Gasteiger partial charge in [-0.1, -0.05) is 66.7 Å². The van der Waals surface area contributed by atoms with Crippen LogP contribution < -0.4 is 10.1 Å². The number of hydrogen-bond donors (Lipinski definition) is 1. The molecule has 1 N–H and O–H groups in total. The summed E-state index contributed by atoms with van der Waals surface area (Å²) in [5.74, 6) is -0.848. The van der Waals surface area contributed by atoms with Crippen molar-refractivity contribution in [3.05, 3.63) is 101 Å². The molecule has 1 heterocycles. The molecule has 3 aromatic carbocycles. The summed E-state index contributed by atoms with van der Waals surface area (Å²) in [4.78, 5) is 27.5. The molecule has 1 fully saturated rings. The first-order valence-corrected chi connectivity index (χ1v) is 9.14. The predicted molar refractivity (Wildman–Crippen MR) is 106 cm³/mol. The van der Waals surface area contributed by atoms with E-state index < -0.39 is 23.3 Å². The van der Waals surface area contributed by atoms with E-state index in [9.17, 15) is 14.0 Å². The summed E-state index contributed by atoms with van der Waals surface area (Å²) in [6.07, 6.45) is 0. The maximum absolute atomic E-state index is 14.1. The Morgan fingerprint density at radius 3 is 2.03 bits per heavy atom. The molecular weight excluding hydrogens is 371 g/mol. The van der Waals surface area contributed by atoms with Crippen molar-refractivity contribution in [1.29, 1.82) is 0 Å². The molecule has 0 atom stereocenters. The molecule has 0 unspecified atom stereocenters. The topological polar surface area (TPSA) is 58.6 Å². The van der Waals surface area contributed by atoms with E-state index in [1.165, 1.54) is 19.2 Å². The van der Waals surface area contributed by atoms with E-state index in [1.54, 1.807) is 6.07 Å². The first kappa shape index (κ1) is 18.7. The summed E-state index contributed by atoms with van der Waals surface area (Å²) < 4.78 is 19.0. The second-order valence-electron chi connectivity index (χ2n) is 6.77. The zero-order valence-corrected chi connectivity index (χ0v) is 15.8. The van der Waals surface area contributed by atoms with Crippen molar-refractivity contribution in [3.63, 3.8) is 0 Å². The van der Waals surface area contributed by atoms with Gasteiger partial charge in [-0.3, -0.25) is 9.69 Å². The van der Waals surface area contributed by atoms with E-state index in [4.69, 9.17) is 4.74 Å². The second-order valence-corrected chi connectivity index (χ2v) is 6.77. The molecule has 0 bridgehead atoms. The van der Waals surface area contributed by atoms with Gasteiger partial charge in [0.25, 0.3) is 5.91 Å². The number of hydrogen-bond acceptors (Lipinski definition) is 3. The summed E-state index contributed by atoms with van der Waals surface area (Å²) in [6, 6.07) is 22.1. The van der Waals surface area contributed by atoms with Gasteiger partial charge < -0.3 is 10.1 Å². The van der Waals surface area contributed by atoms with Gasteiger partial charge in [0.2, 0.25) is 0 Å². The van der Waals surface area contributed by atoms with Crippen molar-refractivity contribution in [1.82, 2.24) is 10.2 Å². The zero-order valence-electron chi connectivity index (χ0n) is 15.8. The minimum Gasteiger partial charge on any atom is -0.494 e. The molecule has 0 radical (unpaired) electrons. The number of carbonyl (C=O) groups excluding carboxylic acids is 2. The third-order valence-electron chi connectivity index (χ3n) is 5.08. The van der Waals surface area contributed by atoms with Gasteiger partial charge in [0.1, 0.15) is 0 Å². The molecule has 6 heteroatoms. The average Bonchev–Trinajstić information content (AvgIpc) is 3.01. The molecule has 3 amide bonds. The smallest absolute Gasteiger partial charge is 0.325 e. The molecule has 1 saturated heterocycles. The summed E-state index contributed by atoms with van der Waals surface area (Å²) in [5, 5.41) is 2.88. The van der Waals surface area contributed by atoms with Crippen LogP contribution in [0.4, 0.5) is 9.18 Å². The largest absolute Gasteiger partial charge is 0.494 e. The molecule has 3 aromatic rings. The Morgan fingerprint density at radius 2 is 1.52 bits per heavy atom. The van der Waals surface area contributed by atoms with Gasteiger partial charge in [0.15, 0.2) is 17.1 Å². The van der Waals surface area contributed by atoms with E-state index in [0.717, 1.165) is 4.90 Å². The zero-order chi connectivity index (χ0) is 20.4. The van der Waals surface area contributed by atoms with Crippen molar-refractivity contribution >= 4 is 11.9 Å². The molecular formula is C23H19FN2O3. The SMILES string of the molecule is COc1ccc(CN2C(=O)NC(c3ccccc3)(c3ccccc3)C2=O)cc1F. The standard InChI is InChI=1S/C23H19FN2O3/c1-29-20-13-12-16(14-19(20)24)15-26-21(27)23(25-22(26)28,17-8-4-2-5-9-17)18-10-6-3-7-11-18/h2-14H,15H2,1H3,(H,25,28). The van der Waals surface area contributed by atoms with Gasteiger partial charge in [0, 0.05) is 0 Å². The fourth-order valence-electron chi connectivity index (χ4n) is 3.64. The molecule has 4 rings (SSSR count). The van der Waals surface area contributed by atoms with Crippen LogP contribution in [0.3, 0.4) is 0 Å². The Morgan fingerprint density at radius 1 is 0.931 bits per heavy atom. The van der Waals surface area contributed by atoms with E-state index >= 15 is 0 Å². The molecule has 0 spiro atoms.